The van der Waals surface area contributed by atoms with Gasteiger partial charge < -0.3 is 5.32 Å². The largest absolute Gasteiger partial charge is 0.311 e. The first-order valence-corrected chi connectivity index (χ1v) is 8.32. The second-order valence-electron chi connectivity index (χ2n) is 4.45. The van der Waals surface area contributed by atoms with Crippen LogP contribution in [-0.2, 0) is 6.54 Å². The Labute approximate surface area is 126 Å². The second-order valence-corrected chi connectivity index (χ2v) is 6.88. The summed E-state index contributed by atoms with van der Waals surface area (Å²) in [5, 5.41) is 12.8. The average Bonchev–Trinajstić information content (AvgIpc) is 3.05. The highest BCUT2D eigenvalue weighted by atomic mass is 32.2. The minimum absolute atomic E-state index is 0.900. The number of nitrogens with one attached hydrogen (secondary N) is 1. The molecule has 0 saturated carbocycles. The van der Waals surface area contributed by atoms with Crippen molar-refractivity contribution in [1.29, 1.82) is 0 Å². The number of thioether (sulfide) groups is 1. The fraction of sp³-hybridized carbons (Fsp3) is 0.286. The van der Waals surface area contributed by atoms with Crippen LogP contribution in [0.2, 0.25) is 0 Å². The zero-order valence-electron chi connectivity index (χ0n) is 11.2. The minimum atomic E-state index is 0.900. The summed E-state index contributed by atoms with van der Waals surface area (Å²) < 4.78 is 2.02. The normalized spacial score (nSPS) is 11.2. The number of thiophene rings is 1. The van der Waals surface area contributed by atoms with Crippen molar-refractivity contribution in [3.63, 3.8) is 0 Å². The van der Waals surface area contributed by atoms with E-state index >= 15 is 0 Å². The Balaban J connectivity index is 1.46. The van der Waals surface area contributed by atoms with Gasteiger partial charge in [-0.15, -0.1) is 21.5 Å². The van der Waals surface area contributed by atoms with Crippen molar-refractivity contribution in [2.24, 2.45) is 0 Å². The predicted molar refractivity (Wildman–Crippen MR) is 84.5 cm³/mol. The fourth-order valence-electron chi connectivity index (χ4n) is 1.92. The maximum Gasteiger partial charge on any atom is 0.195 e. The van der Waals surface area contributed by atoms with Gasteiger partial charge in [-0.25, -0.2) is 0 Å². The van der Waals surface area contributed by atoms with Gasteiger partial charge in [0, 0.05) is 34.8 Å². The number of rotatable bonds is 6. The maximum absolute atomic E-state index is 4.20. The van der Waals surface area contributed by atoms with E-state index < -0.39 is 0 Å². The molecule has 0 aromatic carbocycles. The number of pyridine rings is 1. The van der Waals surface area contributed by atoms with Crippen LogP contribution in [0.1, 0.15) is 9.75 Å². The van der Waals surface area contributed by atoms with E-state index in [2.05, 4.69) is 34.6 Å². The summed E-state index contributed by atoms with van der Waals surface area (Å²) in [6.45, 7) is 4.05. The standard InChI is InChI=1S/C14H16N4S2/c1-11-5-6-12(20-11)10-15-7-9-19-14-17-16-13-4-2-3-8-18(13)14/h2-6,8,15H,7,9-10H2,1H3. The number of nitrogens with zero attached hydrogens (tertiary/aromatic N) is 3. The molecule has 1 N–H and O–H groups in total. The third-order valence-corrected chi connectivity index (χ3v) is 4.83. The first-order valence-electron chi connectivity index (χ1n) is 6.51. The maximum atomic E-state index is 4.20. The van der Waals surface area contributed by atoms with Crippen molar-refractivity contribution in [3.8, 4) is 0 Å². The Morgan fingerprint density at radius 2 is 2.20 bits per heavy atom. The van der Waals surface area contributed by atoms with Crippen LogP contribution in [0, 0.1) is 6.92 Å². The molecule has 3 rings (SSSR count). The van der Waals surface area contributed by atoms with Crippen molar-refractivity contribution in [2.45, 2.75) is 18.6 Å². The van der Waals surface area contributed by atoms with Crippen molar-refractivity contribution < 1.29 is 0 Å². The lowest BCUT2D eigenvalue weighted by molar-refractivity contribution is 0.739. The summed E-state index contributed by atoms with van der Waals surface area (Å²) >= 11 is 3.58. The first-order chi connectivity index (χ1) is 9.83. The molecule has 0 atom stereocenters. The highest BCUT2D eigenvalue weighted by Gasteiger charge is 2.04. The van der Waals surface area contributed by atoms with Gasteiger partial charge in [0.15, 0.2) is 10.8 Å². The number of fused-ring (bicyclic) bond motifs is 1. The summed E-state index contributed by atoms with van der Waals surface area (Å²) in [4.78, 5) is 2.76. The molecule has 4 nitrogen and oxygen atoms in total. The smallest absolute Gasteiger partial charge is 0.195 e. The molecule has 3 aromatic rings. The van der Waals surface area contributed by atoms with Gasteiger partial charge in [0.05, 0.1) is 0 Å². The van der Waals surface area contributed by atoms with Crippen LogP contribution in [-0.4, -0.2) is 26.9 Å². The van der Waals surface area contributed by atoms with Crippen molar-refractivity contribution in [3.05, 3.63) is 46.3 Å². The van der Waals surface area contributed by atoms with Crippen LogP contribution in [0.15, 0.2) is 41.7 Å². The summed E-state index contributed by atoms with van der Waals surface area (Å²) in [5.74, 6) is 0.986. The van der Waals surface area contributed by atoms with Crippen LogP contribution in [0.25, 0.3) is 5.65 Å². The predicted octanol–water partition coefficient (Wildman–Crippen LogP) is 2.98. The van der Waals surface area contributed by atoms with Gasteiger partial charge in [0.2, 0.25) is 0 Å². The molecule has 104 valence electrons. The van der Waals surface area contributed by atoms with E-state index in [1.54, 1.807) is 11.8 Å². The van der Waals surface area contributed by atoms with Crippen LogP contribution in [0.5, 0.6) is 0 Å². The Morgan fingerprint density at radius 3 is 3.05 bits per heavy atom. The Bertz CT molecular complexity index is 689. The molecule has 0 radical (unpaired) electrons. The Kier molecular flexibility index (Phi) is 4.34. The van der Waals surface area contributed by atoms with E-state index in [-0.39, 0.29) is 0 Å². The number of hydrogen-bond donors (Lipinski definition) is 1. The number of aryl methyl sites for hydroxylation is 1. The van der Waals surface area contributed by atoms with Crippen LogP contribution in [0.4, 0.5) is 0 Å². The molecular formula is C14H16N4S2. The summed E-state index contributed by atoms with van der Waals surface area (Å²) in [7, 11) is 0. The lowest BCUT2D eigenvalue weighted by Crippen LogP contribution is -2.15. The van der Waals surface area contributed by atoms with E-state index in [4.69, 9.17) is 0 Å². The number of aromatic nitrogens is 3. The van der Waals surface area contributed by atoms with Crippen molar-refractivity contribution in [1.82, 2.24) is 19.9 Å². The lowest BCUT2D eigenvalue weighted by Gasteiger charge is -2.02. The average molecular weight is 304 g/mol. The van der Waals surface area contributed by atoms with E-state index in [9.17, 15) is 0 Å². The van der Waals surface area contributed by atoms with Crippen molar-refractivity contribution in [2.75, 3.05) is 12.3 Å². The highest BCUT2D eigenvalue weighted by Crippen LogP contribution is 2.16. The minimum Gasteiger partial charge on any atom is -0.311 e. The lowest BCUT2D eigenvalue weighted by atomic mass is 10.4. The molecule has 0 fully saturated rings. The molecule has 6 heteroatoms. The fourth-order valence-corrected chi connectivity index (χ4v) is 3.61. The molecule has 0 aliphatic heterocycles. The summed E-state index contributed by atoms with van der Waals surface area (Å²) in [5.41, 5.74) is 0.900. The van der Waals surface area contributed by atoms with Gasteiger partial charge in [-0.2, -0.15) is 0 Å². The monoisotopic (exact) mass is 304 g/mol. The van der Waals surface area contributed by atoms with Gasteiger partial charge in [-0.1, -0.05) is 17.8 Å². The third kappa shape index (κ3) is 3.20. The quantitative estimate of drug-likeness (QED) is 0.561. The van der Waals surface area contributed by atoms with Crippen LogP contribution >= 0.6 is 23.1 Å². The molecule has 0 bridgehead atoms. The molecule has 0 amide bonds. The zero-order chi connectivity index (χ0) is 13.8. The second kappa shape index (κ2) is 6.39. The summed E-state index contributed by atoms with van der Waals surface area (Å²) in [6, 6.07) is 10.3. The van der Waals surface area contributed by atoms with Crippen LogP contribution < -0.4 is 5.32 Å². The molecule has 0 aliphatic rings. The molecule has 0 aliphatic carbocycles. The Morgan fingerprint density at radius 1 is 1.25 bits per heavy atom. The van der Waals surface area contributed by atoms with Crippen LogP contribution in [0.3, 0.4) is 0 Å². The molecule has 3 aromatic heterocycles. The molecule has 0 saturated heterocycles. The molecule has 20 heavy (non-hydrogen) atoms. The van der Waals surface area contributed by atoms with Gasteiger partial charge in [0.1, 0.15) is 0 Å². The zero-order valence-corrected chi connectivity index (χ0v) is 12.9. The van der Waals surface area contributed by atoms with Gasteiger partial charge in [-0.3, -0.25) is 4.40 Å². The Hall–Kier alpha value is -1.37. The highest BCUT2D eigenvalue weighted by molar-refractivity contribution is 7.99. The molecule has 3 heterocycles. The van der Waals surface area contributed by atoms with Gasteiger partial charge in [-0.05, 0) is 31.2 Å². The third-order valence-electron chi connectivity index (χ3n) is 2.89. The first kappa shape index (κ1) is 13.6. The van der Waals surface area contributed by atoms with E-state index in [0.29, 0.717) is 0 Å². The molecular weight excluding hydrogens is 288 g/mol. The van der Waals surface area contributed by atoms with Crippen molar-refractivity contribution >= 4 is 28.7 Å². The van der Waals surface area contributed by atoms with E-state index in [1.807, 2.05) is 40.1 Å². The summed E-state index contributed by atoms with van der Waals surface area (Å²) in [6.07, 6.45) is 2.00. The topological polar surface area (TPSA) is 42.2 Å². The van der Waals surface area contributed by atoms with Gasteiger partial charge >= 0.3 is 0 Å². The molecule has 0 spiro atoms. The van der Waals surface area contributed by atoms with E-state index in [1.165, 1.54) is 9.75 Å². The SMILES string of the molecule is Cc1ccc(CNCCSc2nnc3ccccn23)s1. The van der Waals surface area contributed by atoms with E-state index in [0.717, 1.165) is 29.6 Å². The number of hydrogen-bond acceptors (Lipinski definition) is 5. The molecule has 0 unspecified atom stereocenters. The van der Waals surface area contributed by atoms with Gasteiger partial charge in [0.25, 0.3) is 0 Å².